The third-order valence-electron chi connectivity index (χ3n) is 4.48. The summed E-state index contributed by atoms with van der Waals surface area (Å²) in [5.74, 6) is 1.72. The molecule has 1 aliphatic rings. The molecular formula is C17H27N. The summed E-state index contributed by atoms with van der Waals surface area (Å²) in [7, 11) is 0. The minimum atomic E-state index is 0.389. The largest absolute Gasteiger partial charge is 0.314 e. The Morgan fingerprint density at radius 2 is 1.72 bits per heavy atom. The molecule has 0 unspecified atom stereocenters. The van der Waals surface area contributed by atoms with Crippen LogP contribution in [-0.4, -0.2) is 12.6 Å². The minimum Gasteiger partial charge on any atom is -0.314 e. The molecule has 1 aromatic carbocycles. The van der Waals surface area contributed by atoms with Crippen LogP contribution in [0.4, 0.5) is 0 Å². The molecule has 0 heterocycles. The molecule has 1 fully saturated rings. The SMILES string of the molecule is CC(C)NCC1(c2ccccc2)CC(C(C)C)C1. The first kappa shape index (κ1) is 13.6. The van der Waals surface area contributed by atoms with Crippen LogP contribution in [0.15, 0.2) is 30.3 Å². The molecule has 0 radical (unpaired) electrons. The number of nitrogens with one attached hydrogen (secondary N) is 1. The fraction of sp³-hybridized carbons (Fsp3) is 0.647. The van der Waals surface area contributed by atoms with Gasteiger partial charge in [0.2, 0.25) is 0 Å². The zero-order chi connectivity index (χ0) is 13.2. The highest BCUT2D eigenvalue weighted by molar-refractivity contribution is 5.29. The molecule has 1 aromatic rings. The Balaban J connectivity index is 2.10. The van der Waals surface area contributed by atoms with Crippen LogP contribution >= 0.6 is 0 Å². The predicted molar refractivity (Wildman–Crippen MR) is 78.8 cm³/mol. The molecule has 1 heteroatoms. The van der Waals surface area contributed by atoms with Crippen molar-refractivity contribution in [3.8, 4) is 0 Å². The lowest BCUT2D eigenvalue weighted by atomic mass is 9.56. The van der Waals surface area contributed by atoms with Crippen LogP contribution < -0.4 is 5.32 Å². The van der Waals surface area contributed by atoms with Gasteiger partial charge in [-0.15, -0.1) is 0 Å². The van der Waals surface area contributed by atoms with Crippen LogP contribution in [0.5, 0.6) is 0 Å². The van der Waals surface area contributed by atoms with Gasteiger partial charge in [-0.25, -0.2) is 0 Å². The summed E-state index contributed by atoms with van der Waals surface area (Å²) < 4.78 is 0. The van der Waals surface area contributed by atoms with Gasteiger partial charge in [-0.05, 0) is 30.2 Å². The van der Waals surface area contributed by atoms with Gasteiger partial charge >= 0.3 is 0 Å². The molecule has 2 rings (SSSR count). The normalized spacial score (nSPS) is 27.6. The fourth-order valence-corrected chi connectivity index (χ4v) is 3.09. The Hall–Kier alpha value is -0.820. The number of hydrogen-bond donors (Lipinski definition) is 1. The van der Waals surface area contributed by atoms with Crippen molar-refractivity contribution in [2.75, 3.05) is 6.54 Å². The van der Waals surface area contributed by atoms with E-state index in [0.29, 0.717) is 11.5 Å². The third kappa shape index (κ3) is 2.77. The average Bonchev–Trinajstić information content (AvgIpc) is 2.28. The Morgan fingerprint density at radius 3 is 2.22 bits per heavy atom. The van der Waals surface area contributed by atoms with Crippen molar-refractivity contribution in [3.63, 3.8) is 0 Å². The van der Waals surface area contributed by atoms with Crippen LogP contribution in [0, 0.1) is 11.8 Å². The van der Waals surface area contributed by atoms with Gasteiger partial charge in [0, 0.05) is 18.0 Å². The van der Waals surface area contributed by atoms with Gasteiger partial charge in [-0.3, -0.25) is 0 Å². The third-order valence-corrected chi connectivity index (χ3v) is 4.48. The van der Waals surface area contributed by atoms with Crippen molar-refractivity contribution in [2.24, 2.45) is 11.8 Å². The lowest BCUT2D eigenvalue weighted by molar-refractivity contribution is 0.0958. The Morgan fingerprint density at radius 1 is 1.11 bits per heavy atom. The van der Waals surface area contributed by atoms with Gasteiger partial charge in [0.1, 0.15) is 0 Å². The fourth-order valence-electron chi connectivity index (χ4n) is 3.09. The Labute approximate surface area is 112 Å². The second-order valence-corrected chi connectivity index (χ2v) is 6.59. The summed E-state index contributed by atoms with van der Waals surface area (Å²) in [6.07, 6.45) is 2.68. The highest BCUT2D eigenvalue weighted by atomic mass is 14.9. The van der Waals surface area contributed by atoms with E-state index in [1.165, 1.54) is 18.4 Å². The van der Waals surface area contributed by atoms with E-state index in [-0.39, 0.29) is 0 Å². The van der Waals surface area contributed by atoms with Gasteiger partial charge < -0.3 is 5.32 Å². The topological polar surface area (TPSA) is 12.0 Å². The van der Waals surface area contributed by atoms with Gasteiger partial charge in [-0.1, -0.05) is 58.0 Å². The first-order valence-corrected chi connectivity index (χ1v) is 7.32. The summed E-state index contributed by atoms with van der Waals surface area (Å²) in [4.78, 5) is 0. The molecule has 0 atom stereocenters. The van der Waals surface area contributed by atoms with E-state index < -0.39 is 0 Å². The van der Waals surface area contributed by atoms with Crippen molar-refractivity contribution < 1.29 is 0 Å². The van der Waals surface area contributed by atoms with Gasteiger partial charge in [0.25, 0.3) is 0 Å². The maximum Gasteiger partial charge on any atom is 0.00833 e. The lowest BCUT2D eigenvalue weighted by Gasteiger charge is -2.50. The second-order valence-electron chi connectivity index (χ2n) is 6.59. The summed E-state index contributed by atoms with van der Waals surface area (Å²) in [5.41, 5.74) is 1.91. The molecule has 1 saturated carbocycles. The lowest BCUT2D eigenvalue weighted by Crippen LogP contribution is -2.51. The molecule has 0 saturated heterocycles. The maximum atomic E-state index is 3.65. The van der Waals surface area contributed by atoms with Crippen molar-refractivity contribution in [1.29, 1.82) is 0 Å². The van der Waals surface area contributed by atoms with Crippen molar-refractivity contribution in [1.82, 2.24) is 5.32 Å². The van der Waals surface area contributed by atoms with Crippen LogP contribution in [0.2, 0.25) is 0 Å². The molecule has 0 amide bonds. The van der Waals surface area contributed by atoms with E-state index in [1.807, 2.05) is 0 Å². The molecule has 100 valence electrons. The van der Waals surface area contributed by atoms with Crippen molar-refractivity contribution >= 4 is 0 Å². The van der Waals surface area contributed by atoms with Gasteiger partial charge in [0.15, 0.2) is 0 Å². The van der Waals surface area contributed by atoms with Gasteiger partial charge in [-0.2, -0.15) is 0 Å². The highest BCUT2D eigenvalue weighted by Gasteiger charge is 2.45. The summed E-state index contributed by atoms with van der Waals surface area (Å²) in [5, 5.41) is 3.65. The van der Waals surface area contributed by atoms with Crippen LogP contribution in [0.1, 0.15) is 46.1 Å². The van der Waals surface area contributed by atoms with E-state index in [0.717, 1.165) is 18.4 Å². The monoisotopic (exact) mass is 245 g/mol. The Bertz CT molecular complexity index is 355. The van der Waals surface area contributed by atoms with Crippen molar-refractivity contribution in [3.05, 3.63) is 35.9 Å². The zero-order valence-electron chi connectivity index (χ0n) is 12.2. The zero-order valence-corrected chi connectivity index (χ0v) is 12.2. The standard InChI is InChI=1S/C17H27N/c1-13(2)15-10-17(11-15,12-18-14(3)4)16-8-6-5-7-9-16/h5-9,13-15,18H,10-12H2,1-4H3. The molecule has 0 spiro atoms. The predicted octanol–water partition coefficient (Wildman–Crippen LogP) is 3.99. The first-order valence-electron chi connectivity index (χ1n) is 7.32. The van der Waals surface area contributed by atoms with Gasteiger partial charge in [0.05, 0.1) is 0 Å². The molecular weight excluding hydrogens is 218 g/mol. The molecule has 0 bridgehead atoms. The number of hydrogen-bond acceptors (Lipinski definition) is 1. The quantitative estimate of drug-likeness (QED) is 0.827. The number of rotatable bonds is 5. The molecule has 1 N–H and O–H groups in total. The summed E-state index contributed by atoms with van der Waals surface area (Å²) in [6.45, 7) is 10.3. The number of benzene rings is 1. The molecule has 0 aliphatic heterocycles. The molecule has 1 aliphatic carbocycles. The molecule has 0 aromatic heterocycles. The second kappa shape index (κ2) is 5.44. The smallest absolute Gasteiger partial charge is 0.00833 e. The van der Waals surface area contributed by atoms with E-state index in [4.69, 9.17) is 0 Å². The van der Waals surface area contributed by atoms with Crippen LogP contribution in [0.25, 0.3) is 0 Å². The first-order chi connectivity index (χ1) is 8.53. The van der Waals surface area contributed by atoms with Crippen LogP contribution in [-0.2, 0) is 5.41 Å². The summed E-state index contributed by atoms with van der Waals surface area (Å²) >= 11 is 0. The molecule has 1 nitrogen and oxygen atoms in total. The van der Waals surface area contributed by atoms with E-state index >= 15 is 0 Å². The minimum absolute atomic E-state index is 0.389. The highest BCUT2D eigenvalue weighted by Crippen LogP contribution is 2.50. The van der Waals surface area contributed by atoms with E-state index in [9.17, 15) is 0 Å². The van der Waals surface area contributed by atoms with Crippen LogP contribution in [0.3, 0.4) is 0 Å². The Kier molecular flexibility index (Phi) is 4.11. The maximum absolute atomic E-state index is 3.65. The molecule has 18 heavy (non-hydrogen) atoms. The average molecular weight is 245 g/mol. The summed E-state index contributed by atoms with van der Waals surface area (Å²) in [6, 6.07) is 11.6. The van der Waals surface area contributed by atoms with E-state index in [2.05, 4.69) is 63.3 Å². The van der Waals surface area contributed by atoms with E-state index in [1.54, 1.807) is 0 Å². The van der Waals surface area contributed by atoms with Crippen molar-refractivity contribution in [2.45, 2.75) is 52.0 Å².